The van der Waals surface area contributed by atoms with Gasteiger partial charge in [0, 0.05) is 24.3 Å². The fourth-order valence-electron chi connectivity index (χ4n) is 3.53. The van der Waals surface area contributed by atoms with Gasteiger partial charge in [-0.25, -0.2) is 4.98 Å². The van der Waals surface area contributed by atoms with Gasteiger partial charge in [-0.05, 0) is 60.7 Å². The minimum Gasteiger partial charge on any atom is -0.495 e. The summed E-state index contributed by atoms with van der Waals surface area (Å²) in [5.74, 6) is 6.84. The summed E-state index contributed by atoms with van der Waals surface area (Å²) in [6.45, 7) is 3.28. The molecule has 0 spiro atoms. The van der Waals surface area contributed by atoms with Gasteiger partial charge >= 0.3 is 0 Å². The van der Waals surface area contributed by atoms with Gasteiger partial charge < -0.3 is 9.64 Å². The molecule has 1 aliphatic heterocycles. The van der Waals surface area contributed by atoms with E-state index in [4.69, 9.17) is 4.74 Å². The number of pyridine rings is 1. The molecule has 0 unspecified atom stereocenters. The van der Waals surface area contributed by atoms with E-state index in [1.807, 2.05) is 48.2 Å². The highest BCUT2D eigenvalue weighted by molar-refractivity contribution is 5.95. The number of ether oxygens (including phenoxy) is 1. The number of carbonyl (C=O) groups excluding carboxylic acids is 1. The summed E-state index contributed by atoms with van der Waals surface area (Å²) in [4.78, 5) is 19.4. The van der Waals surface area contributed by atoms with Crippen LogP contribution in [-0.4, -0.2) is 29.4 Å². The Hall–Kier alpha value is -3.58. The minimum atomic E-state index is 0.0129. The number of hydrogen-bond acceptors (Lipinski definition) is 3. The highest BCUT2D eigenvalue weighted by Crippen LogP contribution is 2.23. The molecule has 144 valence electrons. The number of methoxy groups -OCH3 is 1. The Labute approximate surface area is 171 Å². The van der Waals surface area contributed by atoms with Crippen LogP contribution in [0.1, 0.15) is 38.4 Å². The fourth-order valence-corrected chi connectivity index (χ4v) is 3.53. The van der Waals surface area contributed by atoms with Crippen LogP contribution in [0.15, 0.2) is 60.7 Å². The summed E-state index contributed by atoms with van der Waals surface area (Å²) in [6.07, 6.45) is 0.879. The highest BCUT2D eigenvalue weighted by atomic mass is 16.5. The van der Waals surface area contributed by atoms with Crippen molar-refractivity contribution in [3.05, 3.63) is 94.3 Å². The van der Waals surface area contributed by atoms with Gasteiger partial charge in [0.25, 0.3) is 5.91 Å². The third kappa shape index (κ3) is 4.14. The summed E-state index contributed by atoms with van der Waals surface area (Å²) in [6, 6.07) is 19.4. The second-order valence-corrected chi connectivity index (χ2v) is 7.07. The van der Waals surface area contributed by atoms with Crippen LogP contribution in [0, 0.1) is 18.8 Å². The van der Waals surface area contributed by atoms with Crippen molar-refractivity contribution in [3.8, 4) is 17.6 Å². The Bertz CT molecular complexity index is 1120. The molecule has 0 saturated heterocycles. The molecule has 3 aromatic rings. The Morgan fingerprint density at radius 2 is 1.86 bits per heavy atom. The van der Waals surface area contributed by atoms with E-state index in [1.165, 1.54) is 11.1 Å². The predicted molar refractivity (Wildman–Crippen MR) is 113 cm³/mol. The van der Waals surface area contributed by atoms with Gasteiger partial charge in [0.2, 0.25) is 0 Å². The zero-order valence-electron chi connectivity index (χ0n) is 16.6. The molecule has 0 saturated carbocycles. The summed E-state index contributed by atoms with van der Waals surface area (Å²) in [7, 11) is 1.61. The van der Waals surface area contributed by atoms with Crippen LogP contribution in [0.2, 0.25) is 0 Å². The summed E-state index contributed by atoms with van der Waals surface area (Å²) >= 11 is 0. The molecule has 1 aromatic heterocycles. The molecule has 29 heavy (non-hydrogen) atoms. The number of nitrogens with zero attached hydrogens (tertiary/aromatic N) is 2. The molecule has 2 heterocycles. The van der Waals surface area contributed by atoms with E-state index in [1.54, 1.807) is 19.2 Å². The average molecular weight is 382 g/mol. The lowest BCUT2D eigenvalue weighted by Crippen LogP contribution is -2.35. The maximum atomic E-state index is 13.1. The third-order valence-electron chi connectivity index (χ3n) is 5.08. The van der Waals surface area contributed by atoms with Gasteiger partial charge in [-0.15, -0.1) is 0 Å². The van der Waals surface area contributed by atoms with Gasteiger partial charge in [-0.3, -0.25) is 4.79 Å². The molecule has 4 rings (SSSR count). The number of aromatic nitrogens is 1. The highest BCUT2D eigenvalue weighted by Gasteiger charge is 2.22. The van der Waals surface area contributed by atoms with Gasteiger partial charge in [-0.2, -0.15) is 0 Å². The molecule has 1 aliphatic rings. The first-order valence-electron chi connectivity index (χ1n) is 9.64. The topological polar surface area (TPSA) is 42.4 Å². The van der Waals surface area contributed by atoms with Gasteiger partial charge in [0.05, 0.1) is 12.7 Å². The Morgan fingerprint density at radius 3 is 2.66 bits per heavy atom. The van der Waals surface area contributed by atoms with Crippen LogP contribution in [0.25, 0.3) is 0 Å². The van der Waals surface area contributed by atoms with Crippen LogP contribution in [0.3, 0.4) is 0 Å². The molecule has 0 aliphatic carbocycles. The van der Waals surface area contributed by atoms with Crippen LogP contribution in [0.4, 0.5) is 0 Å². The van der Waals surface area contributed by atoms with Crippen molar-refractivity contribution in [3.63, 3.8) is 0 Å². The van der Waals surface area contributed by atoms with Crippen molar-refractivity contribution in [2.75, 3.05) is 13.7 Å². The molecule has 0 atom stereocenters. The molecular formula is C25H22N2O2. The van der Waals surface area contributed by atoms with Crippen molar-refractivity contribution in [1.29, 1.82) is 0 Å². The zero-order chi connectivity index (χ0) is 20.2. The average Bonchev–Trinajstić information content (AvgIpc) is 2.76. The number of aryl methyl sites for hydroxylation is 1. The number of carbonyl (C=O) groups is 1. The van der Waals surface area contributed by atoms with E-state index in [2.05, 4.69) is 29.0 Å². The second-order valence-electron chi connectivity index (χ2n) is 7.07. The zero-order valence-corrected chi connectivity index (χ0v) is 16.6. The molecule has 0 N–H and O–H groups in total. The normalized spacial score (nSPS) is 12.6. The SMILES string of the molecule is COc1ccc(C(=O)N2CCc3ccccc3C2)cc1C#Cc1cccc(C)n1. The number of hydrogen-bond donors (Lipinski definition) is 0. The van der Waals surface area contributed by atoms with Gasteiger partial charge in [0.1, 0.15) is 11.4 Å². The summed E-state index contributed by atoms with van der Waals surface area (Å²) in [5.41, 5.74) is 5.44. The van der Waals surface area contributed by atoms with Crippen molar-refractivity contribution < 1.29 is 9.53 Å². The van der Waals surface area contributed by atoms with Crippen LogP contribution in [0.5, 0.6) is 5.75 Å². The second kappa shape index (κ2) is 8.20. The quantitative estimate of drug-likeness (QED) is 0.629. The van der Waals surface area contributed by atoms with Crippen LogP contribution in [-0.2, 0) is 13.0 Å². The largest absolute Gasteiger partial charge is 0.495 e. The van der Waals surface area contributed by atoms with E-state index >= 15 is 0 Å². The summed E-state index contributed by atoms with van der Waals surface area (Å²) < 4.78 is 5.44. The van der Waals surface area contributed by atoms with Gasteiger partial charge in [0.15, 0.2) is 0 Å². The van der Waals surface area contributed by atoms with Crippen molar-refractivity contribution in [2.24, 2.45) is 0 Å². The molecule has 0 radical (unpaired) electrons. The maximum absolute atomic E-state index is 13.1. The third-order valence-corrected chi connectivity index (χ3v) is 5.08. The first-order chi connectivity index (χ1) is 14.1. The van der Waals surface area contributed by atoms with E-state index in [9.17, 15) is 4.79 Å². The standard InChI is InChI=1S/C25H22N2O2/c1-18-6-5-9-23(26-18)12-10-20-16-21(11-13-24(20)29-2)25(28)27-15-14-19-7-3-4-8-22(19)17-27/h3-9,11,13,16H,14-15,17H2,1-2H3. The number of fused-ring (bicyclic) bond motifs is 1. The molecule has 4 heteroatoms. The lowest BCUT2D eigenvalue weighted by atomic mass is 9.99. The van der Waals surface area contributed by atoms with Crippen LogP contribution < -0.4 is 4.74 Å². The Kier molecular flexibility index (Phi) is 5.31. The van der Waals surface area contributed by atoms with Crippen LogP contribution >= 0.6 is 0 Å². The van der Waals surface area contributed by atoms with E-state index in [0.717, 1.165) is 18.7 Å². The fraction of sp³-hybridized carbons (Fsp3) is 0.200. The predicted octanol–water partition coefficient (Wildman–Crippen LogP) is 4.00. The Morgan fingerprint density at radius 1 is 1.03 bits per heavy atom. The number of rotatable bonds is 2. The first kappa shape index (κ1) is 18.8. The number of amides is 1. The number of benzene rings is 2. The molecular weight excluding hydrogens is 360 g/mol. The maximum Gasteiger partial charge on any atom is 0.254 e. The lowest BCUT2D eigenvalue weighted by Gasteiger charge is -2.29. The molecule has 0 bridgehead atoms. The van der Waals surface area contributed by atoms with E-state index in [0.29, 0.717) is 29.1 Å². The lowest BCUT2D eigenvalue weighted by molar-refractivity contribution is 0.0734. The molecule has 2 aromatic carbocycles. The monoisotopic (exact) mass is 382 g/mol. The van der Waals surface area contributed by atoms with Crippen molar-refractivity contribution >= 4 is 5.91 Å². The van der Waals surface area contributed by atoms with E-state index in [-0.39, 0.29) is 5.91 Å². The van der Waals surface area contributed by atoms with Gasteiger partial charge in [-0.1, -0.05) is 36.3 Å². The minimum absolute atomic E-state index is 0.0129. The molecule has 1 amide bonds. The van der Waals surface area contributed by atoms with Crippen molar-refractivity contribution in [2.45, 2.75) is 19.9 Å². The van der Waals surface area contributed by atoms with Crippen molar-refractivity contribution in [1.82, 2.24) is 9.88 Å². The first-order valence-corrected chi connectivity index (χ1v) is 9.64. The molecule has 4 nitrogen and oxygen atoms in total. The van der Waals surface area contributed by atoms with E-state index < -0.39 is 0 Å². The Balaban J connectivity index is 1.61. The molecule has 0 fully saturated rings. The smallest absolute Gasteiger partial charge is 0.254 e. The summed E-state index contributed by atoms with van der Waals surface area (Å²) in [5, 5.41) is 0.